The fourth-order valence-electron chi connectivity index (χ4n) is 10.8. The summed E-state index contributed by atoms with van der Waals surface area (Å²) >= 11 is 0. The summed E-state index contributed by atoms with van der Waals surface area (Å²) in [5.41, 5.74) is 15.0. The molecule has 0 bridgehead atoms. The van der Waals surface area contributed by atoms with Gasteiger partial charge >= 0.3 is 0 Å². The van der Waals surface area contributed by atoms with E-state index in [0.717, 1.165) is 122 Å². The molecule has 3 aromatic heterocycles. The Balaban J connectivity index is 0.977. The van der Waals surface area contributed by atoms with Crippen molar-refractivity contribution in [3.8, 4) is 34.4 Å². The molecule has 0 fully saturated rings. The molecule has 0 amide bonds. The average Bonchev–Trinajstić information content (AvgIpc) is 4.16. The molecular weight excluding hydrogens is 897 g/mol. The number of benzene rings is 11. The number of hydrogen-bond donors (Lipinski definition) is 0. The molecule has 3 heterocycles. The Morgan fingerprint density at radius 3 is 1.30 bits per heavy atom. The molecule has 0 atom stereocenters. The smallest absolute Gasteiger partial charge is 0.159 e. The molecular formula is C66H38N4O3. The van der Waals surface area contributed by atoms with E-state index in [1.165, 1.54) is 0 Å². The van der Waals surface area contributed by atoms with Crippen molar-refractivity contribution < 1.29 is 13.3 Å². The molecule has 0 saturated heterocycles. The van der Waals surface area contributed by atoms with Crippen LogP contribution < -0.4 is 9.80 Å². The summed E-state index contributed by atoms with van der Waals surface area (Å²) in [5.74, 6) is 0. The van der Waals surface area contributed by atoms with Crippen molar-refractivity contribution >= 4 is 111 Å². The normalized spacial score (nSPS) is 11.5. The highest BCUT2D eigenvalue weighted by molar-refractivity contribution is 6.24. The third-order valence-corrected chi connectivity index (χ3v) is 14.1. The van der Waals surface area contributed by atoms with Crippen LogP contribution in [0.2, 0.25) is 0 Å². The first kappa shape index (κ1) is 41.6. The molecule has 0 N–H and O–H groups in total. The standard InChI is InChI=1S/C66H38N4O3/c67-39-41-27-31-45(32-28-41)69(57-25-11-23-54-52-21-9-19-48(63(52)72-65(54)57)43-13-3-1-4-14-43)47-35-36-56-60(37-47)71-61-38-59(50-17-7-8-18-51(50)62(56)61)70(46-33-29-42(40-68)30-34-46)58-26-12-24-55-53-22-10-20-49(64(53)73-66(55)58)44-15-5-2-6-16-44/h1-38H. The summed E-state index contributed by atoms with van der Waals surface area (Å²) < 4.78 is 21.1. The van der Waals surface area contributed by atoms with Crippen LogP contribution in [0.5, 0.6) is 0 Å². The molecule has 0 unspecified atom stereocenters. The number of para-hydroxylation sites is 4. The number of fused-ring (bicyclic) bond motifs is 11. The van der Waals surface area contributed by atoms with Gasteiger partial charge in [-0.25, -0.2) is 0 Å². The van der Waals surface area contributed by atoms with E-state index in [4.69, 9.17) is 13.3 Å². The van der Waals surface area contributed by atoms with Crippen molar-refractivity contribution in [3.05, 3.63) is 242 Å². The number of anilines is 6. The van der Waals surface area contributed by atoms with E-state index >= 15 is 0 Å². The quantitative estimate of drug-likeness (QED) is 0.150. The highest BCUT2D eigenvalue weighted by Crippen LogP contribution is 2.50. The predicted octanol–water partition coefficient (Wildman–Crippen LogP) is 18.6. The lowest BCUT2D eigenvalue weighted by Crippen LogP contribution is -2.11. The van der Waals surface area contributed by atoms with Crippen molar-refractivity contribution in [2.24, 2.45) is 0 Å². The molecule has 0 saturated carbocycles. The second kappa shape index (κ2) is 16.7. The molecule has 7 nitrogen and oxygen atoms in total. The summed E-state index contributed by atoms with van der Waals surface area (Å²) in [6.45, 7) is 0. The highest BCUT2D eigenvalue weighted by Gasteiger charge is 2.26. The minimum Gasteiger partial charge on any atom is -0.456 e. The Morgan fingerprint density at radius 2 is 0.753 bits per heavy atom. The molecule has 0 aliphatic rings. The maximum absolute atomic E-state index is 9.89. The molecule has 7 heteroatoms. The van der Waals surface area contributed by atoms with Crippen molar-refractivity contribution in [2.45, 2.75) is 0 Å². The predicted molar refractivity (Wildman–Crippen MR) is 295 cm³/mol. The van der Waals surface area contributed by atoms with Gasteiger partial charge in [0, 0.05) is 72.3 Å². The molecule has 0 spiro atoms. The van der Waals surface area contributed by atoms with Crippen LogP contribution in [0, 0.1) is 22.7 Å². The zero-order chi connectivity index (χ0) is 48.6. The van der Waals surface area contributed by atoms with Gasteiger partial charge in [-0.15, -0.1) is 0 Å². The monoisotopic (exact) mass is 934 g/mol. The van der Waals surface area contributed by atoms with Gasteiger partial charge in [0.25, 0.3) is 0 Å². The summed E-state index contributed by atoms with van der Waals surface area (Å²) in [4.78, 5) is 4.40. The highest BCUT2D eigenvalue weighted by atomic mass is 16.3. The molecule has 0 aliphatic heterocycles. The first-order chi connectivity index (χ1) is 36.1. The molecule has 11 aromatic carbocycles. The van der Waals surface area contributed by atoms with E-state index in [1.54, 1.807) is 0 Å². The van der Waals surface area contributed by atoms with E-state index in [1.807, 2.05) is 84.9 Å². The van der Waals surface area contributed by atoms with Crippen molar-refractivity contribution in [1.29, 1.82) is 10.5 Å². The van der Waals surface area contributed by atoms with Crippen LogP contribution in [-0.4, -0.2) is 0 Å². The topological polar surface area (TPSA) is 93.5 Å². The van der Waals surface area contributed by atoms with Crippen molar-refractivity contribution in [2.75, 3.05) is 9.80 Å². The zero-order valence-electron chi connectivity index (χ0n) is 39.0. The van der Waals surface area contributed by atoms with Crippen LogP contribution >= 0.6 is 0 Å². The molecule has 14 aromatic rings. The first-order valence-corrected chi connectivity index (χ1v) is 24.1. The van der Waals surface area contributed by atoms with Gasteiger partial charge in [0.1, 0.15) is 22.3 Å². The summed E-state index contributed by atoms with van der Waals surface area (Å²) in [6, 6.07) is 82.7. The van der Waals surface area contributed by atoms with E-state index < -0.39 is 0 Å². The first-order valence-electron chi connectivity index (χ1n) is 24.1. The van der Waals surface area contributed by atoms with Crippen LogP contribution in [0.15, 0.2) is 244 Å². The van der Waals surface area contributed by atoms with Gasteiger partial charge < -0.3 is 23.1 Å². The molecule has 0 aliphatic carbocycles. The lowest BCUT2D eigenvalue weighted by atomic mass is 10.00. The zero-order valence-corrected chi connectivity index (χ0v) is 39.0. The number of rotatable bonds is 8. The third kappa shape index (κ3) is 6.65. The van der Waals surface area contributed by atoms with Gasteiger partial charge in [0.2, 0.25) is 0 Å². The van der Waals surface area contributed by atoms with Crippen LogP contribution in [0.3, 0.4) is 0 Å². The lowest BCUT2D eigenvalue weighted by Gasteiger charge is -2.27. The van der Waals surface area contributed by atoms with Crippen LogP contribution in [0.4, 0.5) is 34.1 Å². The van der Waals surface area contributed by atoms with E-state index in [-0.39, 0.29) is 0 Å². The Bertz CT molecular complexity index is 4580. The SMILES string of the molecule is N#Cc1ccc(N(c2ccc3c(c2)oc2cc(N(c4ccc(C#N)cc4)c4cccc5c4oc4c(-c6ccccc6)cccc45)c4ccccc4c23)c2cccc3c2oc2c(-c4ccccc4)cccc23)cc1. The lowest BCUT2D eigenvalue weighted by molar-refractivity contribution is 0.667. The maximum Gasteiger partial charge on any atom is 0.159 e. The fourth-order valence-corrected chi connectivity index (χ4v) is 10.8. The van der Waals surface area contributed by atoms with Crippen molar-refractivity contribution in [3.63, 3.8) is 0 Å². The van der Waals surface area contributed by atoms with Gasteiger partial charge in [0.15, 0.2) is 11.2 Å². The number of nitrogens with zero attached hydrogens (tertiary/aromatic N) is 4. The van der Waals surface area contributed by atoms with Crippen LogP contribution in [0.1, 0.15) is 11.1 Å². The summed E-state index contributed by atoms with van der Waals surface area (Å²) in [5, 5.41) is 27.7. The molecule has 73 heavy (non-hydrogen) atoms. The fraction of sp³-hybridized carbons (Fsp3) is 0. The number of hydrogen-bond acceptors (Lipinski definition) is 7. The molecule has 0 radical (unpaired) electrons. The number of furan rings is 3. The van der Waals surface area contributed by atoms with Gasteiger partial charge in [-0.05, 0) is 89.3 Å². The maximum atomic E-state index is 9.89. The minimum atomic E-state index is 0.565. The van der Waals surface area contributed by atoms with Gasteiger partial charge in [-0.1, -0.05) is 146 Å². The van der Waals surface area contributed by atoms with Crippen molar-refractivity contribution in [1.82, 2.24) is 0 Å². The summed E-state index contributed by atoms with van der Waals surface area (Å²) in [6.07, 6.45) is 0. The minimum absolute atomic E-state index is 0.565. The Kier molecular flexibility index (Phi) is 9.50. The van der Waals surface area contributed by atoms with E-state index in [9.17, 15) is 10.5 Å². The Hall–Kier alpha value is -10.3. The Labute approximate surface area is 418 Å². The van der Waals surface area contributed by atoms with Crippen LogP contribution in [0.25, 0.3) is 98.8 Å². The number of nitriles is 2. The van der Waals surface area contributed by atoms with Gasteiger partial charge in [-0.2, -0.15) is 10.5 Å². The van der Waals surface area contributed by atoms with Crippen LogP contribution in [-0.2, 0) is 0 Å². The second-order valence-corrected chi connectivity index (χ2v) is 18.2. The molecule has 340 valence electrons. The van der Waals surface area contributed by atoms with E-state index in [0.29, 0.717) is 22.3 Å². The average molecular weight is 935 g/mol. The van der Waals surface area contributed by atoms with Gasteiger partial charge in [-0.3, -0.25) is 0 Å². The third-order valence-electron chi connectivity index (χ3n) is 14.1. The largest absolute Gasteiger partial charge is 0.456 e. The second-order valence-electron chi connectivity index (χ2n) is 18.2. The molecule has 14 rings (SSSR count). The van der Waals surface area contributed by atoms with Gasteiger partial charge in [0.05, 0.1) is 46.0 Å². The van der Waals surface area contributed by atoms with E-state index in [2.05, 4.69) is 168 Å². The summed E-state index contributed by atoms with van der Waals surface area (Å²) in [7, 11) is 0. The Morgan fingerprint density at radius 1 is 0.301 bits per heavy atom.